The van der Waals surface area contributed by atoms with Gasteiger partial charge in [0, 0.05) is 6.42 Å². The van der Waals surface area contributed by atoms with E-state index in [4.69, 9.17) is 9.47 Å². The normalized spacial score (nSPS) is 10.6. The van der Waals surface area contributed by atoms with Crippen molar-refractivity contribution in [3.05, 3.63) is 47.5 Å². The number of unbranched alkanes of at least 4 members (excludes halogenated alkanes) is 11. The van der Waals surface area contributed by atoms with Crippen molar-refractivity contribution in [2.24, 2.45) is 0 Å². The molecular weight excluding hydrogens is 388 g/mol. The van der Waals surface area contributed by atoms with Crippen molar-refractivity contribution in [3.8, 4) is 0 Å². The standard InChI is InChI=1S/C27H42O4/c1-4-5-6-7-8-9-10-11-12-13-14-17-21-30-26(28)24-18-15-16-19-25(24)27(29)31-22-20-23(2)3/h15-16,18-19H,2,4-14,17,20-22H2,1,3H3. The Balaban J connectivity index is 2.17. The molecule has 0 radical (unpaired) electrons. The van der Waals surface area contributed by atoms with Gasteiger partial charge in [-0.05, 0) is 25.5 Å². The van der Waals surface area contributed by atoms with E-state index in [1.54, 1.807) is 24.3 Å². The fourth-order valence-electron chi connectivity index (χ4n) is 3.42. The van der Waals surface area contributed by atoms with Crippen molar-refractivity contribution in [3.63, 3.8) is 0 Å². The summed E-state index contributed by atoms with van der Waals surface area (Å²) in [7, 11) is 0. The summed E-state index contributed by atoms with van der Waals surface area (Å²) in [5.41, 5.74) is 1.47. The van der Waals surface area contributed by atoms with E-state index in [9.17, 15) is 9.59 Å². The Morgan fingerprint density at radius 1 is 0.710 bits per heavy atom. The molecule has 0 saturated heterocycles. The first-order valence-corrected chi connectivity index (χ1v) is 12.1. The first kappa shape index (κ1) is 26.9. The zero-order valence-corrected chi connectivity index (χ0v) is 19.8. The third-order valence-corrected chi connectivity index (χ3v) is 5.36. The van der Waals surface area contributed by atoms with E-state index in [0.717, 1.165) is 18.4 Å². The molecule has 0 aliphatic heterocycles. The predicted molar refractivity (Wildman–Crippen MR) is 128 cm³/mol. The molecule has 0 heterocycles. The van der Waals surface area contributed by atoms with Gasteiger partial charge in [-0.15, -0.1) is 6.58 Å². The van der Waals surface area contributed by atoms with Gasteiger partial charge >= 0.3 is 11.9 Å². The van der Waals surface area contributed by atoms with Gasteiger partial charge in [-0.2, -0.15) is 0 Å². The molecule has 4 nitrogen and oxygen atoms in total. The summed E-state index contributed by atoms with van der Waals surface area (Å²) in [5.74, 6) is -0.963. The van der Waals surface area contributed by atoms with Gasteiger partial charge in [0.15, 0.2) is 0 Å². The summed E-state index contributed by atoms with van der Waals surface area (Å²) in [6, 6.07) is 6.66. The van der Waals surface area contributed by atoms with E-state index >= 15 is 0 Å². The molecule has 1 aromatic carbocycles. The molecule has 0 amide bonds. The maximum Gasteiger partial charge on any atom is 0.339 e. The van der Waals surface area contributed by atoms with Crippen molar-refractivity contribution in [1.82, 2.24) is 0 Å². The topological polar surface area (TPSA) is 52.6 Å². The molecule has 0 aliphatic rings. The number of ether oxygens (including phenoxy) is 2. The SMILES string of the molecule is C=C(C)CCOC(=O)c1ccccc1C(=O)OCCCCCCCCCCCCCC. The highest BCUT2D eigenvalue weighted by molar-refractivity contribution is 6.03. The maximum absolute atomic E-state index is 12.4. The van der Waals surface area contributed by atoms with Crippen molar-refractivity contribution < 1.29 is 19.1 Å². The highest BCUT2D eigenvalue weighted by Crippen LogP contribution is 2.14. The van der Waals surface area contributed by atoms with Crippen LogP contribution in [0.25, 0.3) is 0 Å². The summed E-state index contributed by atoms with van der Waals surface area (Å²) >= 11 is 0. The molecular formula is C27H42O4. The van der Waals surface area contributed by atoms with E-state index in [2.05, 4.69) is 13.5 Å². The highest BCUT2D eigenvalue weighted by Gasteiger charge is 2.18. The molecule has 0 saturated carbocycles. The van der Waals surface area contributed by atoms with E-state index in [0.29, 0.717) is 13.0 Å². The van der Waals surface area contributed by atoms with Crippen LogP contribution in [0.15, 0.2) is 36.4 Å². The Hall–Kier alpha value is -2.10. The smallest absolute Gasteiger partial charge is 0.339 e. The van der Waals surface area contributed by atoms with Gasteiger partial charge in [0.25, 0.3) is 0 Å². The molecule has 0 atom stereocenters. The van der Waals surface area contributed by atoms with E-state index in [-0.39, 0.29) is 17.7 Å². The van der Waals surface area contributed by atoms with Crippen LogP contribution in [0.2, 0.25) is 0 Å². The van der Waals surface area contributed by atoms with Crippen LogP contribution in [0, 0.1) is 0 Å². The fourth-order valence-corrected chi connectivity index (χ4v) is 3.42. The number of hydrogen-bond donors (Lipinski definition) is 0. The van der Waals surface area contributed by atoms with Gasteiger partial charge in [0.2, 0.25) is 0 Å². The van der Waals surface area contributed by atoms with Gasteiger partial charge in [-0.1, -0.05) is 95.3 Å². The zero-order chi connectivity index (χ0) is 22.7. The van der Waals surface area contributed by atoms with Crippen LogP contribution in [0.3, 0.4) is 0 Å². The second-order valence-corrected chi connectivity index (χ2v) is 8.41. The lowest BCUT2D eigenvalue weighted by molar-refractivity contribution is 0.0456. The van der Waals surface area contributed by atoms with Crippen LogP contribution in [0.1, 0.15) is 118 Å². The van der Waals surface area contributed by atoms with Crippen molar-refractivity contribution in [2.75, 3.05) is 13.2 Å². The number of carbonyl (C=O) groups is 2. The highest BCUT2D eigenvalue weighted by atomic mass is 16.5. The Morgan fingerprint density at radius 3 is 1.58 bits per heavy atom. The third kappa shape index (κ3) is 13.0. The minimum atomic E-state index is -0.501. The molecule has 4 heteroatoms. The van der Waals surface area contributed by atoms with Crippen molar-refractivity contribution in [2.45, 2.75) is 97.3 Å². The summed E-state index contributed by atoms with van der Waals surface area (Å²) in [6.45, 7) is 8.57. The van der Waals surface area contributed by atoms with Gasteiger partial charge in [0.05, 0.1) is 24.3 Å². The van der Waals surface area contributed by atoms with Gasteiger partial charge < -0.3 is 9.47 Å². The molecule has 31 heavy (non-hydrogen) atoms. The van der Waals surface area contributed by atoms with Crippen LogP contribution < -0.4 is 0 Å². The first-order valence-electron chi connectivity index (χ1n) is 12.1. The monoisotopic (exact) mass is 430 g/mol. The Kier molecular flexibility index (Phi) is 15.3. The minimum absolute atomic E-state index is 0.254. The van der Waals surface area contributed by atoms with Crippen LogP contribution >= 0.6 is 0 Å². The summed E-state index contributed by atoms with van der Waals surface area (Å²) < 4.78 is 10.6. The van der Waals surface area contributed by atoms with Gasteiger partial charge in [-0.25, -0.2) is 9.59 Å². The number of esters is 2. The molecule has 1 aromatic rings. The summed E-state index contributed by atoms with van der Waals surface area (Å²) in [4.78, 5) is 24.7. The lowest BCUT2D eigenvalue weighted by Gasteiger charge is -2.10. The molecule has 0 spiro atoms. The number of carbonyl (C=O) groups excluding carboxylic acids is 2. The van der Waals surface area contributed by atoms with Crippen molar-refractivity contribution in [1.29, 1.82) is 0 Å². The Morgan fingerprint density at radius 2 is 1.13 bits per heavy atom. The second-order valence-electron chi connectivity index (χ2n) is 8.41. The molecule has 174 valence electrons. The average Bonchev–Trinajstić information content (AvgIpc) is 2.76. The summed E-state index contributed by atoms with van der Waals surface area (Å²) in [6.07, 6.45) is 15.8. The van der Waals surface area contributed by atoms with Gasteiger partial charge in [-0.3, -0.25) is 0 Å². The molecule has 0 aromatic heterocycles. The molecule has 0 unspecified atom stereocenters. The molecule has 0 N–H and O–H groups in total. The van der Waals surface area contributed by atoms with Crippen molar-refractivity contribution >= 4 is 11.9 Å². The van der Waals surface area contributed by atoms with Crippen LogP contribution in [-0.4, -0.2) is 25.2 Å². The fraction of sp³-hybridized carbons (Fsp3) is 0.630. The van der Waals surface area contributed by atoms with Crippen LogP contribution in [-0.2, 0) is 9.47 Å². The lowest BCUT2D eigenvalue weighted by Crippen LogP contribution is -2.15. The van der Waals surface area contributed by atoms with E-state index < -0.39 is 11.9 Å². The van der Waals surface area contributed by atoms with E-state index in [1.807, 2.05) is 6.92 Å². The minimum Gasteiger partial charge on any atom is -0.462 e. The largest absolute Gasteiger partial charge is 0.462 e. The van der Waals surface area contributed by atoms with Gasteiger partial charge in [0.1, 0.15) is 0 Å². The predicted octanol–water partition coefficient (Wildman–Crippen LogP) is 7.67. The number of benzene rings is 1. The molecule has 1 rings (SSSR count). The zero-order valence-electron chi connectivity index (χ0n) is 19.8. The average molecular weight is 431 g/mol. The quantitative estimate of drug-likeness (QED) is 0.136. The molecule has 0 bridgehead atoms. The summed E-state index contributed by atoms with van der Waals surface area (Å²) in [5, 5.41) is 0. The first-order chi connectivity index (χ1) is 15.1. The number of hydrogen-bond acceptors (Lipinski definition) is 4. The Labute approximate surface area is 189 Å². The lowest BCUT2D eigenvalue weighted by atomic mass is 10.1. The van der Waals surface area contributed by atoms with E-state index in [1.165, 1.54) is 64.2 Å². The maximum atomic E-state index is 12.4. The molecule has 0 aliphatic carbocycles. The molecule has 0 fully saturated rings. The Bertz CT molecular complexity index is 650. The third-order valence-electron chi connectivity index (χ3n) is 5.36. The van der Waals surface area contributed by atoms with Crippen LogP contribution in [0.4, 0.5) is 0 Å². The number of rotatable bonds is 18. The second kappa shape index (κ2) is 17.6. The van der Waals surface area contributed by atoms with Crippen LogP contribution in [0.5, 0.6) is 0 Å².